The summed E-state index contributed by atoms with van der Waals surface area (Å²) in [7, 11) is 1.60. The number of rotatable bonds is 6. The Bertz CT molecular complexity index is 396. The summed E-state index contributed by atoms with van der Waals surface area (Å²) in [6.45, 7) is 5.67. The van der Waals surface area contributed by atoms with E-state index < -0.39 is 0 Å². The number of nitrogens with one attached hydrogen (secondary N) is 1. The van der Waals surface area contributed by atoms with Crippen molar-refractivity contribution >= 4 is 29.9 Å². The van der Waals surface area contributed by atoms with Crippen LogP contribution in [0.25, 0.3) is 0 Å². The number of pyridine rings is 1. The molecule has 0 amide bonds. The second kappa shape index (κ2) is 9.82. The zero-order valence-corrected chi connectivity index (χ0v) is 14.0. The van der Waals surface area contributed by atoms with Gasteiger partial charge >= 0.3 is 0 Å². The van der Waals surface area contributed by atoms with Gasteiger partial charge in [-0.05, 0) is 18.4 Å². The van der Waals surface area contributed by atoms with Gasteiger partial charge in [0.25, 0.3) is 0 Å². The van der Waals surface area contributed by atoms with E-state index >= 15 is 0 Å². The molecule has 0 aliphatic rings. The van der Waals surface area contributed by atoms with Gasteiger partial charge in [-0.15, -0.1) is 24.0 Å². The average molecular weight is 378 g/mol. The number of hydrogen-bond donors (Lipinski definition) is 2. The molecule has 0 saturated carbocycles. The quantitative estimate of drug-likeness (QED) is 0.452. The van der Waals surface area contributed by atoms with E-state index in [4.69, 9.17) is 10.5 Å². The van der Waals surface area contributed by atoms with Crippen LogP contribution in [-0.4, -0.2) is 24.6 Å². The van der Waals surface area contributed by atoms with Crippen molar-refractivity contribution in [2.24, 2.45) is 16.6 Å². The highest BCUT2D eigenvalue weighted by molar-refractivity contribution is 14.0. The molecule has 0 aliphatic carbocycles. The molecule has 0 atom stereocenters. The molecular formula is C13H23IN4O. The summed E-state index contributed by atoms with van der Waals surface area (Å²) in [5.41, 5.74) is 6.70. The van der Waals surface area contributed by atoms with Crippen molar-refractivity contribution in [3.63, 3.8) is 0 Å². The minimum Gasteiger partial charge on any atom is -0.481 e. The minimum absolute atomic E-state index is 0. The second-order valence-electron chi connectivity index (χ2n) is 4.48. The number of aliphatic imine (C=N–C) groups is 1. The fraction of sp³-hybridized carbons (Fsp3) is 0.538. The lowest BCUT2D eigenvalue weighted by atomic mass is 10.1. The maximum Gasteiger partial charge on any atom is 0.218 e. The van der Waals surface area contributed by atoms with Gasteiger partial charge in [-0.1, -0.05) is 19.9 Å². The summed E-state index contributed by atoms with van der Waals surface area (Å²) < 4.78 is 5.15. The van der Waals surface area contributed by atoms with Crippen LogP contribution in [0.2, 0.25) is 0 Å². The van der Waals surface area contributed by atoms with E-state index in [1.807, 2.05) is 12.1 Å². The molecule has 0 radical (unpaired) electrons. The summed E-state index contributed by atoms with van der Waals surface area (Å²) in [5, 5.41) is 3.09. The van der Waals surface area contributed by atoms with Gasteiger partial charge in [0.2, 0.25) is 5.88 Å². The average Bonchev–Trinajstić information content (AvgIpc) is 2.36. The molecule has 0 aromatic carbocycles. The van der Waals surface area contributed by atoms with Crippen LogP contribution >= 0.6 is 24.0 Å². The smallest absolute Gasteiger partial charge is 0.218 e. The molecule has 0 fully saturated rings. The molecular weight excluding hydrogens is 355 g/mol. The molecule has 0 spiro atoms. The molecule has 0 bridgehead atoms. The SMILES string of the molecule is COc1ncccc1CN=C(N)NCCC(C)C.I. The maximum atomic E-state index is 5.78. The normalized spacial score (nSPS) is 11.1. The number of nitrogens with two attached hydrogens (primary N) is 1. The van der Waals surface area contributed by atoms with E-state index in [2.05, 4.69) is 29.1 Å². The van der Waals surface area contributed by atoms with Crippen LogP contribution in [-0.2, 0) is 6.54 Å². The first-order valence-corrected chi connectivity index (χ1v) is 6.15. The Morgan fingerprint density at radius 2 is 2.26 bits per heavy atom. The van der Waals surface area contributed by atoms with Crippen LogP contribution in [0.1, 0.15) is 25.8 Å². The number of nitrogens with zero attached hydrogens (tertiary/aromatic N) is 2. The summed E-state index contributed by atoms with van der Waals surface area (Å²) in [5.74, 6) is 1.71. The van der Waals surface area contributed by atoms with E-state index in [1.54, 1.807) is 13.3 Å². The second-order valence-corrected chi connectivity index (χ2v) is 4.48. The molecule has 1 aromatic heterocycles. The zero-order chi connectivity index (χ0) is 13.4. The Morgan fingerprint density at radius 3 is 2.89 bits per heavy atom. The molecule has 0 unspecified atom stereocenters. The molecule has 1 rings (SSSR count). The Balaban J connectivity index is 0.00000324. The van der Waals surface area contributed by atoms with Gasteiger partial charge in [0.05, 0.1) is 13.7 Å². The molecule has 108 valence electrons. The third-order valence-corrected chi connectivity index (χ3v) is 2.49. The van der Waals surface area contributed by atoms with Gasteiger partial charge in [-0.2, -0.15) is 0 Å². The highest BCUT2D eigenvalue weighted by atomic mass is 127. The van der Waals surface area contributed by atoms with E-state index in [-0.39, 0.29) is 24.0 Å². The Kier molecular flexibility index (Phi) is 9.28. The van der Waals surface area contributed by atoms with Gasteiger partial charge in [0.15, 0.2) is 5.96 Å². The predicted octanol–water partition coefficient (Wildman–Crippen LogP) is 2.16. The van der Waals surface area contributed by atoms with Crippen LogP contribution in [0.4, 0.5) is 0 Å². The first-order chi connectivity index (χ1) is 8.63. The molecule has 6 heteroatoms. The van der Waals surface area contributed by atoms with E-state index in [9.17, 15) is 0 Å². The van der Waals surface area contributed by atoms with Crippen molar-refractivity contribution < 1.29 is 4.74 Å². The molecule has 5 nitrogen and oxygen atoms in total. The number of guanidine groups is 1. The van der Waals surface area contributed by atoms with Crippen LogP contribution in [0.5, 0.6) is 5.88 Å². The molecule has 19 heavy (non-hydrogen) atoms. The van der Waals surface area contributed by atoms with Crippen molar-refractivity contribution in [1.29, 1.82) is 0 Å². The largest absolute Gasteiger partial charge is 0.481 e. The van der Waals surface area contributed by atoms with Crippen molar-refractivity contribution in [3.8, 4) is 5.88 Å². The van der Waals surface area contributed by atoms with Crippen molar-refractivity contribution in [2.75, 3.05) is 13.7 Å². The van der Waals surface area contributed by atoms with Gasteiger partial charge in [-0.3, -0.25) is 0 Å². The Labute approximate surface area is 132 Å². The molecule has 0 aliphatic heterocycles. The van der Waals surface area contributed by atoms with Crippen LogP contribution in [0.15, 0.2) is 23.3 Å². The predicted molar refractivity (Wildman–Crippen MR) is 89.0 cm³/mol. The number of hydrogen-bond acceptors (Lipinski definition) is 3. The van der Waals surface area contributed by atoms with Crippen LogP contribution < -0.4 is 15.8 Å². The van der Waals surface area contributed by atoms with Crippen LogP contribution in [0, 0.1) is 5.92 Å². The molecule has 1 heterocycles. The lowest BCUT2D eigenvalue weighted by Gasteiger charge is -2.08. The standard InChI is InChI=1S/C13H22N4O.HI/c1-10(2)6-8-16-13(14)17-9-11-5-4-7-15-12(11)18-3;/h4-5,7,10H,6,8-9H2,1-3H3,(H3,14,16,17);1H. The van der Waals surface area contributed by atoms with Crippen LogP contribution in [0.3, 0.4) is 0 Å². The third-order valence-electron chi connectivity index (χ3n) is 2.49. The van der Waals surface area contributed by atoms with E-state index in [0.717, 1.165) is 18.5 Å². The summed E-state index contributed by atoms with van der Waals surface area (Å²) in [6, 6.07) is 3.78. The van der Waals surface area contributed by atoms with Gasteiger partial charge in [-0.25, -0.2) is 9.98 Å². The third kappa shape index (κ3) is 7.19. The summed E-state index contributed by atoms with van der Waals surface area (Å²) in [4.78, 5) is 8.37. The van der Waals surface area contributed by atoms with Crippen molar-refractivity contribution in [1.82, 2.24) is 10.3 Å². The maximum absolute atomic E-state index is 5.78. The van der Waals surface area contributed by atoms with Gasteiger partial charge in [0, 0.05) is 18.3 Å². The summed E-state index contributed by atoms with van der Waals surface area (Å²) >= 11 is 0. The highest BCUT2D eigenvalue weighted by Gasteiger charge is 2.02. The highest BCUT2D eigenvalue weighted by Crippen LogP contribution is 2.14. The molecule has 1 aromatic rings. The fourth-order valence-electron chi connectivity index (χ4n) is 1.44. The number of methoxy groups -OCH3 is 1. The fourth-order valence-corrected chi connectivity index (χ4v) is 1.44. The Hall–Kier alpha value is -1.05. The zero-order valence-electron chi connectivity index (χ0n) is 11.7. The number of aromatic nitrogens is 1. The molecule has 0 saturated heterocycles. The lowest BCUT2D eigenvalue weighted by molar-refractivity contribution is 0.392. The topological polar surface area (TPSA) is 72.5 Å². The van der Waals surface area contributed by atoms with E-state index in [1.165, 1.54) is 0 Å². The first-order valence-electron chi connectivity index (χ1n) is 6.15. The molecule has 3 N–H and O–H groups in total. The Morgan fingerprint density at radius 1 is 1.53 bits per heavy atom. The van der Waals surface area contributed by atoms with Crippen molar-refractivity contribution in [2.45, 2.75) is 26.8 Å². The minimum atomic E-state index is 0. The monoisotopic (exact) mass is 378 g/mol. The van der Waals surface area contributed by atoms with Gasteiger partial charge < -0.3 is 15.8 Å². The van der Waals surface area contributed by atoms with Gasteiger partial charge in [0.1, 0.15) is 0 Å². The number of halogens is 1. The van der Waals surface area contributed by atoms with Crippen molar-refractivity contribution in [3.05, 3.63) is 23.9 Å². The first kappa shape index (κ1) is 17.9. The lowest BCUT2D eigenvalue weighted by Crippen LogP contribution is -2.32. The van der Waals surface area contributed by atoms with E-state index in [0.29, 0.717) is 24.3 Å². The number of ether oxygens (including phenoxy) is 1. The summed E-state index contributed by atoms with van der Waals surface area (Å²) in [6.07, 6.45) is 2.77.